The van der Waals surface area contributed by atoms with Gasteiger partial charge >= 0.3 is 5.97 Å². The van der Waals surface area contributed by atoms with Gasteiger partial charge in [0.05, 0.1) is 19.4 Å². The van der Waals surface area contributed by atoms with E-state index in [1.54, 1.807) is 14.0 Å². The van der Waals surface area contributed by atoms with Crippen LogP contribution in [0.4, 0.5) is 0 Å². The number of aromatic nitrogens is 2. The van der Waals surface area contributed by atoms with Crippen molar-refractivity contribution in [1.29, 1.82) is 0 Å². The molecule has 0 unspecified atom stereocenters. The first-order valence-electron chi connectivity index (χ1n) is 14.6. The third kappa shape index (κ3) is 7.05. The summed E-state index contributed by atoms with van der Waals surface area (Å²) in [5.74, 6) is 2.12. The lowest BCUT2D eigenvalue weighted by atomic mass is 9.95. The summed E-state index contributed by atoms with van der Waals surface area (Å²) >= 11 is 6.11. The first-order valence-corrected chi connectivity index (χ1v) is 14.9. The lowest BCUT2D eigenvalue weighted by Crippen LogP contribution is -2.13. The van der Waals surface area contributed by atoms with E-state index in [1.807, 2.05) is 79.7 Å². The Morgan fingerprint density at radius 1 is 0.976 bits per heavy atom. The maximum atomic E-state index is 12.2. The Kier molecular flexibility index (Phi) is 9.65. The average molecular weight is 585 g/mol. The maximum absolute atomic E-state index is 12.2. The van der Waals surface area contributed by atoms with Gasteiger partial charge in [-0.05, 0) is 92.4 Å². The maximum Gasteiger partial charge on any atom is 0.333 e. The molecule has 0 aliphatic heterocycles. The minimum absolute atomic E-state index is 0.317. The van der Waals surface area contributed by atoms with Crippen LogP contribution in [0.5, 0.6) is 11.5 Å². The largest absolute Gasteiger partial charge is 0.497 e. The first-order chi connectivity index (χ1) is 20.4. The number of nitrogens with zero attached hydrogens (tertiary/aromatic N) is 2. The zero-order valence-electron chi connectivity index (χ0n) is 24.4. The smallest absolute Gasteiger partial charge is 0.333 e. The number of imidazole rings is 1. The first kappa shape index (κ1) is 29.5. The highest BCUT2D eigenvalue weighted by molar-refractivity contribution is 6.30. The summed E-state index contributed by atoms with van der Waals surface area (Å²) in [6, 6.07) is 22.3. The highest BCUT2D eigenvalue weighted by atomic mass is 35.5. The molecule has 1 heterocycles. The molecule has 1 aliphatic carbocycles. The number of esters is 1. The van der Waals surface area contributed by atoms with Gasteiger partial charge in [-0.2, -0.15) is 0 Å². The molecule has 1 fully saturated rings. The predicted molar refractivity (Wildman–Crippen MR) is 168 cm³/mol. The van der Waals surface area contributed by atoms with Crippen LogP contribution in [0.25, 0.3) is 28.6 Å². The van der Waals surface area contributed by atoms with Gasteiger partial charge in [0.2, 0.25) is 0 Å². The molecule has 0 N–H and O–H groups in total. The molecule has 3 aromatic carbocycles. The standard InChI is InChI=1S/C35H37ClN2O4/c1-4-41-35(39)24(2)20-29-22-38(30-8-6-5-7-9-30)34(37-29)26-12-16-31(17-13-26)42-23-27-21-32(40-3)18-19-33(27)25-10-14-28(36)15-11-25/h10-22,30H,4-9,23H2,1-3H3. The van der Waals surface area contributed by atoms with Gasteiger partial charge in [-0.25, -0.2) is 9.78 Å². The molecule has 0 saturated heterocycles. The summed E-state index contributed by atoms with van der Waals surface area (Å²) in [6.45, 7) is 4.31. The van der Waals surface area contributed by atoms with E-state index in [4.69, 9.17) is 30.8 Å². The fourth-order valence-electron chi connectivity index (χ4n) is 5.45. The topological polar surface area (TPSA) is 62.6 Å². The average Bonchev–Trinajstić information content (AvgIpc) is 3.45. The summed E-state index contributed by atoms with van der Waals surface area (Å²) in [4.78, 5) is 17.2. The summed E-state index contributed by atoms with van der Waals surface area (Å²) in [5.41, 5.74) is 5.45. The van der Waals surface area contributed by atoms with E-state index in [1.165, 1.54) is 19.3 Å². The molecule has 4 aromatic rings. The van der Waals surface area contributed by atoms with Crippen molar-refractivity contribution in [1.82, 2.24) is 9.55 Å². The molecule has 0 radical (unpaired) electrons. The number of rotatable bonds is 10. The Bertz CT molecular complexity index is 1530. The van der Waals surface area contributed by atoms with Crippen LogP contribution in [0.2, 0.25) is 5.02 Å². The third-order valence-electron chi connectivity index (χ3n) is 7.66. The second kappa shape index (κ2) is 13.8. The van der Waals surface area contributed by atoms with Gasteiger partial charge < -0.3 is 18.8 Å². The Morgan fingerprint density at radius 2 is 1.67 bits per heavy atom. The molecular weight excluding hydrogens is 548 g/mol. The lowest BCUT2D eigenvalue weighted by molar-refractivity contribution is -0.138. The van der Waals surface area contributed by atoms with Gasteiger partial charge in [0, 0.05) is 34.0 Å². The number of carbonyl (C=O) groups is 1. The Labute approximate surface area is 252 Å². The number of benzene rings is 3. The van der Waals surface area contributed by atoms with Crippen molar-refractivity contribution in [3.05, 3.63) is 94.8 Å². The van der Waals surface area contributed by atoms with Gasteiger partial charge in [-0.1, -0.05) is 49.1 Å². The van der Waals surface area contributed by atoms with Gasteiger partial charge in [0.15, 0.2) is 0 Å². The van der Waals surface area contributed by atoms with Crippen LogP contribution in [0, 0.1) is 0 Å². The number of methoxy groups -OCH3 is 1. The molecule has 7 heteroatoms. The van der Waals surface area contributed by atoms with Crippen LogP contribution in [-0.4, -0.2) is 29.2 Å². The number of ether oxygens (including phenoxy) is 3. The Hall–Kier alpha value is -4.03. The Balaban J connectivity index is 1.38. The minimum atomic E-state index is -0.317. The summed E-state index contributed by atoms with van der Waals surface area (Å²) in [7, 11) is 1.66. The van der Waals surface area contributed by atoms with Crippen molar-refractivity contribution >= 4 is 23.6 Å². The number of hydrogen-bond donors (Lipinski definition) is 0. The van der Waals surface area contributed by atoms with Gasteiger partial charge in [-0.3, -0.25) is 0 Å². The summed E-state index contributed by atoms with van der Waals surface area (Å²) < 4.78 is 19.2. The van der Waals surface area contributed by atoms with Crippen molar-refractivity contribution in [2.75, 3.05) is 13.7 Å². The number of halogens is 1. The summed E-state index contributed by atoms with van der Waals surface area (Å²) in [6.07, 6.45) is 9.83. The number of hydrogen-bond acceptors (Lipinski definition) is 5. The van der Waals surface area contributed by atoms with Crippen LogP contribution in [0.3, 0.4) is 0 Å². The molecule has 1 aliphatic rings. The monoisotopic (exact) mass is 584 g/mol. The van der Waals surface area contributed by atoms with Crippen molar-refractivity contribution in [2.45, 2.75) is 58.6 Å². The Morgan fingerprint density at radius 3 is 2.36 bits per heavy atom. The molecule has 42 heavy (non-hydrogen) atoms. The van der Waals surface area contributed by atoms with E-state index < -0.39 is 0 Å². The zero-order valence-corrected chi connectivity index (χ0v) is 25.2. The third-order valence-corrected chi connectivity index (χ3v) is 7.91. The predicted octanol–water partition coefficient (Wildman–Crippen LogP) is 8.93. The zero-order chi connectivity index (χ0) is 29.5. The lowest BCUT2D eigenvalue weighted by Gasteiger charge is -2.24. The molecule has 1 aromatic heterocycles. The van der Waals surface area contributed by atoms with Crippen LogP contribution in [0.1, 0.15) is 63.3 Å². The second-order valence-electron chi connectivity index (χ2n) is 10.6. The van der Waals surface area contributed by atoms with Crippen molar-refractivity contribution in [2.24, 2.45) is 0 Å². The molecule has 0 bridgehead atoms. The second-order valence-corrected chi connectivity index (χ2v) is 11.0. The minimum Gasteiger partial charge on any atom is -0.497 e. The van der Waals surface area contributed by atoms with Crippen LogP contribution in [-0.2, 0) is 16.1 Å². The van der Waals surface area contributed by atoms with Crippen molar-refractivity contribution in [3.8, 4) is 34.0 Å². The molecule has 0 spiro atoms. The molecule has 0 amide bonds. The quantitative estimate of drug-likeness (QED) is 0.137. The van der Waals surface area contributed by atoms with E-state index in [-0.39, 0.29) is 5.97 Å². The van der Waals surface area contributed by atoms with Crippen molar-refractivity contribution in [3.63, 3.8) is 0 Å². The molecule has 218 valence electrons. The van der Waals surface area contributed by atoms with E-state index in [9.17, 15) is 4.79 Å². The molecule has 5 rings (SSSR count). The normalized spacial score (nSPS) is 14.0. The van der Waals surface area contributed by atoms with E-state index in [2.05, 4.69) is 10.8 Å². The fraction of sp³-hybridized carbons (Fsp3) is 0.314. The van der Waals surface area contributed by atoms with E-state index in [0.29, 0.717) is 29.9 Å². The highest BCUT2D eigenvalue weighted by Crippen LogP contribution is 2.34. The van der Waals surface area contributed by atoms with Crippen molar-refractivity contribution < 1.29 is 19.0 Å². The van der Waals surface area contributed by atoms with E-state index in [0.717, 1.165) is 58.1 Å². The van der Waals surface area contributed by atoms with Gasteiger partial charge in [-0.15, -0.1) is 0 Å². The fourth-order valence-corrected chi connectivity index (χ4v) is 5.57. The molecular formula is C35H37ClN2O4. The number of carbonyl (C=O) groups excluding carboxylic acids is 1. The van der Waals surface area contributed by atoms with Crippen LogP contribution in [0.15, 0.2) is 78.5 Å². The molecule has 0 atom stereocenters. The van der Waals surface area contributed by atoms with Crippen LogP contribution >= 0.6 is 11.6 Å². The molecule has 1 saturated carbocycles. The van der Waals surface area contributed by atoms with Gasteiger partial charge in [0.25, 0.3) is 0 Å². The van der Waals surface area contributed by atoms with Gasteiger partial charge in [0.1, 0.15) is 23.9 Å². The van der Waals surface area contributed by atoms with E-state index >= 15 is 0 Å². The summed E-state index contributed by atoms with van der Waals surface area (Å²) in [5, 5.41) is 0.701. The van der Waals surface area contributed by atoms with Crippen LogP contribution < -0.4 is 9.47 Å². The highest BCUT2D eigenvalue weighted by Gasteiger charge is 2.21. The SMILES string of the molecule is CCOC(=O)C(C)=Cc1cn(C2CCCCC2)c(-c2ccc(OCc3cc(OC)ccc3-c3ccc(Cl)cc3)cc2)n1. The molecule has 6 nitrogen and oxygen atoms in total.